The molecule has 0 amide bonds. The predicted octanol–water partition coefficient (Wildman–Crippen LogP) is 4.77. The largest absolute Gasteiger partial charge is 0.497 e. The van der Waals surface area contributed by atoms with Crippen LogP contribution in [0, 0.1) is 5.41 Å². The van der Waals surface area contributed by atoms with Crippen LogP contribution in [0.25, 0.3) is 10.9 Å². The highest BCUT2D eigenvalue weighted by Crippen LogP contribution is 2.40. The number of benzene rings is 1. The molecule has 0 atom stereocenters. The third-order valence-electron chi connectivity index (χ3n) is 7.37. The van der Waals surface area contributed by atoms with Crippen LogP contribution in [0.4, 0.5) is 0 Å². The zero-order valence-corrected chi connectivity index (χ0v) is 21.8. The molecular weight excluding hydrogens is 472 g/mol. The summed E-state index contributed by atoms with van der Waals surface area (Å²) >= 11 is 1.77. The molecule has 3 N–H and O–H groups in total. The summed E-state index contributed by atoms with van der Waals surface area (Å²) in [6.45, 7) is 3.31. The zero-order chi connectivity index (χ0) is 25.4. The van der Waals surface area contributed by atoms with E-state index in [1.165, 1.54) is 5.56 Å². The number of nitrogens with zero attached hydrogens (tertiary/aromatic N) is 3. The summed E-state index contributed by atoms with van der Waals surface area (Å²) in [6, 6.07) is 11.9. The van der Waals surface area contributed by atoms with E-state index in [1.807, 2.05) is 48.8 Å². The van der Waals surface area contributed by atoms with Gasteiger partial charge in [-0.05, 0) is 92.1 Å². The number of aryl methyl sites for hydroxylation is 1. The fraction of sp³-hybridized carbons (Fsp3) is 0.464. The van der Waals surface area contributed by atoms with Crippen molar-refractivity contribution >= 4 is 28.6 Å². The number of fused-ring (bicyclic) bond motifs is 1. The molecule has 0 saturated carbocycles. The Morgan fingerprint density at radius 2 is 2.06 bits per heavy atom. The van der Waals surface area contributed by atoms with Crippen LogP contribution in [0.2, 0.25) is 0 Å². The lowest BCUT2D eigenvalue weighted by Gasteiger charge is -2.41. The monoisotopic (exact) mass is 508 g/mol. The number of piperidine rings is 1. The van der Waals surface area contributed by atoms with Crippen LogP contribution in [0.3, 0.4) is 0 Å². The Labute approximate surface area is 217 Å². The van der Waals surface area contributed by atoms with E-state index in [4.69, 9.17) is 10.5 Å². The van der Waals surface area contributed by atoms with Crippen LogP contribution in [-0.2, 0) is 17.8 Å². The number of methoxy groups -OCH3 is 1. The molecule has 3 heterocycles. The molecule has 1 saturated heterocycles. The highest BCUT2D eigenvalue weighted by Gasteiger charge is 2.36. The van der Waals surface area contributed by atoms with Crippen LogP contribution in [0.15, 0.2) is 53.8 Å². The molecule has 1 fully saturated rings. The fourth-order valence-corrected chi connectivity index (χ4v) is 6.17. The van der Waals surface area contributed by atoms with Gasteiger partial charge in [0.15, 0.2) is 0 Å². The number of carboxylic acid groups (broad SMARTS) is 1. The van der Waals surface area contributed by atoms with Crippen molar-refractivity contribution in [1.29, 1.82) is 0 Å². The Morgan fingerprint density at radius 3 is 2.75 bits per heavy atom. The van der Waals surface area contributed by atoms with Crippen molar-refractivity contribution in [1.82, 2.24) is 14.9 Å². The number of aliphatic carboxylic acids is 1. The van der Waals surface area contributed by atoms with Gasteiger partial charge >= 0.3 is 5.97 Å². The first-order valence-corrected chi connectivity index (χ1v) is 13.6. The average molecular weight is 509 g/mol. The van der Waals surface area contributed by atoms with E-state index in [1.54, 1.807) is 18.9 Å². The molecule has 0 bridgehead atoms. The molecule has 2 aromatic heterocycles. The van der Waals surface area contributed by atoms with Gasteiger partial charge in [-0.2, -0.15) is 0 Å². The second-order valence-electron chi connectivity index (χ2n) is 9.63. The first-order valence-electron chi connectivity index (χ1n) is 12.6. The lowest BCUT2D eigenvalue weighted by Crippen LogP contribution is -2.42. The molecule has 3 aromatic rings. The van der Waals surface area contributed by atoms with Crippen LogP contribution in [0.1, 0.15) is 43.2 Å². The van der Waals surface area contributed by atoms with Crippen molar-refractivity contribution in [2.45, 2.75) is 50.1 Å². The quantitative estimate of drug-likeness (QED) is 0.338. The maximum Gasteiger partial charge on any atom is 0.303 e. The Hall–Kier alpha value is -2.68. The number of nitrogens with two attached hydrogens (primary N) is 1. The van der Waals surface area contributed by atoms with Crippen molar-refractivity contribution in [2.75, 3.05) is 32.5 Å². The van der Waals surface area contributed by atoms with E-state index in [2.05, 4.69) is 14.9 Å². The van der Waals surface area contributed by atoms with Crippen LogP contribution < -0.4 is 10.5 Å². The number of carboxylic acids is 1. The number of carbonyl (C=O) groups is 1. The predicted molar refractivity (Wildman–Crippen MR) is 144 cm³/mol. The number of ether oxygens (including phenoxy) is 1. The lowest BCUT2D eigenvalue weighted by atomic mass is 9.72. The molecule has 36 heavy (non-hydrogen) atoms. The summed E-state index contributed by atoms with van der Waals surface area (Å²) in [5.74, 6) is 1.09. The third kappa shape index (κ3) is 6.75. The molecule has 0 aliphatic carbocycles. The van der Waals surface area contributed by atoms with Gasteiger partial charge in [0, 0.05) is 36.6 Å². The van der Waals surface area contributed by atoms with E-state index in [-0.39, 0.29) is 11.8 Å². The number of rotatable bonds is 12. The van der Waals surface area contributed by atoms with Crippen LogP contribution >= 0.6 is 11.8 Å². The first kappa shape index (κ1) is 26.4. The normalized spacial score (nSPS) is 15.7. The SMILES string of the molecule is COc1ccc2ncc(CN)c(CCCC3(CC(=O)O)CCN(CCSc4ccccn4)CC3)c2c1. The molecule has 7 nitrogen and oxygen atoms in total. The average Bonchev–Trinajstić information content (AvgIpc) is 2.90. The minimum absolute atomic E-state index is 0.153. The fourth-order valence-electron chi connectivity index (χ4n) is 5.30. The van der Waals surface area contributed by atoms with Gasteiger partial charge in [-0.25, -0.2) is 4.98 Å². The summed E-state index contributed by atoms with van der Waals surface area (Å²) in [5, 5.41) is 11.8. The number of thioether (sulfide) groups is 1. The van der Waals surface area contributed by atoms with Gasteiger partial charge in [-0.15, -0.1) is 11.8 Å². The van der Waals surface area contributed by atoms with Crippen molar-refractivity contribution in [3.8, 4) is 5.75 Å². The molecule has 0 unspecified atom stereocenters. The maximum atomic E-state index is 11.8. The topological polar surface area (TPSA) is 102 Å². The van der Waals surface area contributed by atoms with Gasteiger partial charge in [0.25, 0.3) is 0 Å². The van der Waals surface area contributed by atoms with Crippen molar-refractivity contribution in [3.05, 3.63) is 59.9 Å². The van der Waals surface area contributed by atoms with Gasteiger partial charge in [0.05, 0.1) is 24.1 Å². The molecule has 1 aromatic carbocycles. The molecule has 0 spiro atoms. The maximum absolute atomic E-state index is 11.8. The zero-order valence-electron chi connectivity index (χ0n) is 21.0. The molecular formula is C28H36N4O3S. The van der Waals surface area contributed by atoms with Gasteiger partial charge in [-0.1, -0.05) is 6.07 Å². The number of aromatic nitrogens is 2. The van der Waals surface area contributed by atoms with Crippen molar-refractivity contribution < 1.29 is 14.6 Å². The molecule has 1 aliphatic heterocycles. The van der Waals surface area contributed by atoms with Gasteiger partial charge in [0.2, 0.25) is 0 Å². The highest BCUT2D eigenvalue weighted by molar-refractivity contribution is 7.99. The van der Waals surface area contributed by atoms with E-state index in [0.717, 1.165) is 84.7 Å². The summed E-state index contributed by atoms with van der Waals surface area (Å²) in [6.07, 6.45) is 8.44. The summed E-state index contributed by atoms with van der Waals surface area (Å²) in [7, 11) is 1.67. The van der Waals surface area contributed by atoms with Crippen LogP contribution in [-0.4, -0.2) is 58.4 Å². The lowest BCUT2D eigenvalue weighted by molar-refractivity contribution is -0.140. The Kier molecular flexibility index (Phi) is 9.18. The molecule has 0 radical (unpaired) electrons. The number of hydrogen-bond acceptors (Lipinski definition) is 7. The number of hydrogen-bond donors (Lipinski definition) is 2. The van der Waals surface area contributed by atoms with Crippen LogP contribution in [0.5, 0.6) is 5.75 Å². The second-order valence-corrected chi connectivity index (χ2v) is 10.7. The smallest absolute Gasteiger partial charge is 0.303 e. The minimum atomic E-state index is -0.698. The Bertz CT molecular complexity index is 1140. The number of likely N-dealkylation sites (tertiary alicyclic amines) is 1. The second kappa shape index (κ2) is 12.5. The number of pyridine rings is 2. The van der Waals surface area contributed by atoms with E-state index in [0.29, 0.717) is 6.54 Å². The Balaban J connectivity index is 1.37. The summed E-state index contributed by atoms with van der Waals surface area (Å²) in [4.78, 5) is 23.2. The summed E-state index contributed by atoms with van der Waals surface area (Å²) in [5.41, 5.74) is 9.08. The minimum Gasteiger partial charge on any atom is -0.497 e. The third-order valence-corrected chi connectivity index (χ3v) is 8.29. The van der Waals surface area contributed by atoms with E-state index in [9.17, 15) is 9.90 Å². The van der Waals surface area contributed by atoms with E-state index < -0.39 is 5.97 Å². The van der Waals surface area contributed by atoms with Gasteiger partial charge in [0.1, 0.15) is 5.75 Å². The van der Waals surface area contributed by atoms with Crippen molar-refractivity contribution in [2.24, 2.45) is 11.1 Å². The molecule has 1 aliphatic rings. The van der Waals surface area contributed by atoms with Gasteiger partial charge in [-0.3, -0.25) is 9.78 Å². The molecule has 8 heteroatoms. The molecule has 192 valence electrons. The van der Waals surface area contributed by atoms with Gasteiger partial charge < -0.3 is 20.5 Å². The summed E-state index contributed by atoms with van der Waals surface area (Å²) < 4.78 is 5.44. The Morgan fingerprint density at radius 1 is 1.22 bits per heavy atom. The van der Waals surface area contributed by atoms with E-state index >= 15 is 0 Å². The molecule has 4 rings (SSSR count). The van der Waals surface area contributed by atoms with Crippen molar-refractivity contribution in [3.63, 3.8) is 0 Å². The first-order chi connectivity index (χ1) is 17.5. The standard InChI is InChI=1S/C28H36N4O3S/c1-35-22-7-8-25-24(17-22)23(21(19-29)20-31-25)5-4-9-28(18-27(33)34)10-13-32(14-11-28)15-16-36-26-6-2-3-12-30-26/h2-3,6-8,12,17,20H,4-5,9-11,13-16,18-19,29H2,1H3,(H,33,34). The highest BCUT2D eigenvalue weighted by atomic mass is 32.2.